The third kappa shape index (κ3) is 4.46. The van der Waals surface area contributed by atoms with Crippen LogP contribution in [0.4, 0.5) is 0 Å². The summed E-state index contributed by atoms with van der Waals surface area (Å²) in [5.74, 6) is 0.801. The first-order valence-corrected chi connectivity index (χ1v) is 9.45. The van der Waals surface area contributed by atoms with Crippen LogP contribution in [0.1, 0.15) is 33.1 Å². The Balaban J connectivity index is 2.71. The molecule has 0 aliphatic carbocycles. The molecule has 106 valence electrons. The van der Waals surface area contributed by atoms with Crippen molar-refractivity contribution in [3.63, 3.8) is 0 Å². The fraction of sp³-hybridized carbons (Fsp3) is 0.917. The molecule has 2 atom stereocenters. The van der Waals surface area contributed by atoms with Crippen molar-refractivity contribution in [3.05, 3.63) is 0 Å². The molecule has 0 aromatic rings. The van der Waals surface area contributed by atoms with Gasteiger partial charge in [-0.15, -0.1) is 0 Å². The lowest BCUT2D eigenvalue weighted by Crippen LogP contribution is -2.43. The first kappa shape index (κ1) is 15.8. The Kier molecular flexibility index (Phi) is 5.98. The van der Waals surface area contributed by atoms with Crippen molar-refractivity contribution in [1.29, 1.82) is 0 Å². The molecule has 4 nitrogen and oxygen atoms in total. The molecule has 0 aromatic carbocycles. The highest BCUT2D eigenvalue weighted by atomic mass is 32.2. The third-order valence-corrected chi connectivity index (χ3v) is 6.01. The van der Waals surface area contributed by atoms with Crippen LogP contribution in [0.3, 0.4) is 0 Å². The van der Waals surface area contributed by atoms with Crippen LogP contribution in [0, 0.1) is 0 Å². The second-order valence-corrected chi connectivity index (χ2v) is 8.77. The van der Waals surface area contributed by atoms with E-state index >= 15 is 0 Å². The molecule has 0 aromatic heterocycles. The summed E-state index contributed by atoms with van der Waals surface area (Å²) in [6.07, 6.45) is 4.35. The molecule has 1 rings (SSSR count). The molecule has 0 bridgehead atoms. The summed E-state index contributed by atoms with van der Waals surface area (Å²) < 4.78 is 22.9. The van der Waals surface area contributed by atoms with Gasteiger partial charge in [-0.2, -0.15) is 11.8 Å². The van der Waals surface area contributed by atoms with E-state index in [1.807, 2.05) is 11.8 Å². The Labute approximate surface area is 114 Å². The molecule has 1 aliphatic rings. The van der Waals surface area contributed by atoms with Crippen molar-refractivity contribution >= 4 is 27.5 Å². The molecule has 0 spiro atoms. The van der Waals surface area contributed by atoms with Crippen LogP contribution in [-0.2, 0) is 14.6 Å². The second kappa shape index (κ2) is 6.80. The Morgan fingerprint density at radius 2 is 2.11 bits per heavy atom. The molecule has 6 heteroatoms. The van der Waals surface area contributed by atoms with E-state index < -0.39 is 15.1 Å². The van der Waals surface area contributed by atoms with Gasteiger partial charge in [0.05, 0.1) is 0 Å². The van der Waals surface area contributed by atoms with E-state index in [1.165, 1.54) is 6.92 Å². The lowest BCUT2D eigenvalue weighted by Gasteiger charge is -2.26. The number of nitrogens with zero attached hydrogens (tertiary/aromatic N) is 1. The molecular weight excluding hydrogens is 270 g/mol. The maximum absolute atomic E-state index is 12.2. The van der Waals surface area contributed by atoms with E-state index in [9.17, 15) is 13.2 Å². The monoisotopic (exact) mass is 293 g/mol. The minimum absolute atomic E-state index is 0.235. The molecule has 1 fully saturated rings. The number of sulfone groups is 1. The molecule has 18 heavy (non-hydrogen) atoms. The summed E-state index contributed by atoms with van der Waals surface area (Å²) in [5, 5.41) is -0.462. The zero-order valence-electron chi connectivity index (χ0n) is 11.4. The highest BCUT2D eigenvalue weighted by molar-refractivity contribution is 7.99. The van der Waals surface area contributed by atoms with Gasteiger partial charge in [0, 0.05) is 24.6 Å². The van der Waals surface area contributed by atoms with Crippen molar-refractivity contribution in [2.24, 2.45) is 0 Å². The van der Waals surface area contributed by atoms with Crippen LogP contribution in [-0.4, -0.2) is 54.8 Å². The van der Waals surface area contributed by atoms with Gasteiger partial charge in [0.25, 0.3) is 0 Å². The van der Waals surface area contributed by atoms with Crippen LogP contribution in [0.2, 0.25) is 0 Å². The van der Waals surface area contributed by atoms with Crippen molar-refractivity contribution in [2.75, 3.05) is 25.1 Å². The summed E-state index contributed by atoms with van der Waals surface area (Å²) in [4.78, 5) is 13.9. The Morgan fingerprint density at radius 1 is 1.44 bits per heavy atom. The number of hydrogen-bond donors (Lipinski definition) is 0. The number of hydrogen-bond acceptors (Lipinski definition) is 4. The van der Waals surface area contributed by atoms with Crippen molar-refractivity contribution < 1.29 is 13.2 Å². The topological polar surface area (TPSA) is 54.5 Å². The first-order chi connectivity index (χ1) is 8.36. The molecule has 1 amide bonds. The maximum atomic E-state index is 12.2. The zero-order chi connectivity index (χ0) is 13.8. The van der Waals surface area contributed by atoms with E-state index in [4.69, 9.17) is 0 Å². The quantitative estimate of drug-likeness (QED) is 0.789. The van der Waals surface area contributed by atoms with E-state index in [2.05, 4.69) is 6.92 Å². The van der Waals surface area contributed by atoms with E-state index in [1.54, 1.807) is 4.90 Å². The maximum Gasteiger partial charge on any atom is 0.240 e. The standard InChI is InChI=1S/C12H23NO3S2/c1-4-17-11-7-5-6-8-13(9-11)12(14)10(2)18(3,15)16/h10-11H,4-9H2,1-3H3. The lowest BCUT2D eigenvalue weighted by atomic mass is 10.2. The van der Waals surface area contributed by atoms with E-state index in [0.717, 1.165) is 31.3 Å². The predicted molar refractivity (Wildman–Crippen MR) is 76.7 cm³/mol. The summed E-state index contributed by atoms with van der Waals surface area (Å²) >= 11 is 1.86. The highest BCUT2D eigenvalue weighted by Gasteiger charge is 2.30. The summed E-state index contributed by atoms with van der Waals surface area (Å²) in [6.45, 7) is 4.99. The van der Waals surface area contributed by atoms with Crippen molar-refractivity contribution in [2.45, 2.75) is 43.6 Å². The Hall–Kier alpha value is -0.230. The number of carbonyl (C=O) groups is 1. The van der Waals surface area contributed by atoms with Gasteiger partial charge in [-0.1, -0.05) is 13.3 Å². The summed E-state index contributed by atoms with van der Waals surface area (Å²) in [6, 6.07) is 0. The van der Waals surface area contributed by atoms with Gasteiger partial charge >= 0.3 is 0 Å². The largest absolute Gasteiger partial charge is 0.340 e. The average Bonchev–Trinajstić information content (AvgIpc) is 2.52. The smallest absolute Gasteiger partial charge is 0.240 e. The second-order valence-electron chi connectivity index (χ2n) is 4.83. The van der Waals surface area contributed by atoms with Gasteiger partial charge in [0.2, 0.25) is 5.91 Å². The minimum atomic E-state index is -3.29. The van der Waals surface area contributed by atoms with E-state index in [-0.39, 0.29) is 5.91 Å². The SMILES string of the molecule is CCSC1CCCCN(C(=O)C(C)S(C)(=O)=O)C1. The fourth-order valence-electron chi connectivity index (χ4n) is 2.12. The third-order valence-electron chi connectivity index (χ3n) is 3.33. The summed E-state index contributed by atoms with van der Waals surface area (Å²) in [7, 11) is -3.29. The molecule has 1 aliphatic heterocycles. The molecular formula is C12H23NO3S2. The van der Waals surface area contributed by atoms with Crippen molar-refractivity contribution in [3.8, 4) is 0 Å². The number of likely N-dealkylation sites (tertiary alicyclic amines) is 1. The molecule has 1 saturated heterocycles. The first-order valence-electron chi connectivity index (χ1n) is 6.45. The van der Waals surface area contributed by atoms with Gasteiger partial charge in [0.1, 0.15) is 5.25 Å². The van der Waals surface area contributed by atoms with Gasteiger partial charge in [-0.25, -0.2) is 8.42 Å². The molecule has 0 saturated carbocycles. The number of rotatable bonds is 4. The molecule has 2 unspecified atom stereocenters. The number of amides is 1. The van der Waals surface area contributed by atoms with Crippen LogP contribution in [0.5, 0.6) is 0 Å². The van der Waals surface area contributed by atoms with Crippen molar-refractivity contribution in [1.82, 2.24) is 4.90 Å². The van der Waals surface area contributed by atoms with Crippen LogP contribution < -0.4 is 0 Å². The minimum Gasteiger partial charge on any atom is -0.340 e. The number of carbonyl (C=O) groups excluding carboxylic acids is 1. The van der Waals surface area contributed by atoms with Gasteiger partial charge in [-0.3, -0.25) is 4.79 Å². The van der Waals surface area contributed by atoms with E-state index in [0.29, 0.717) is 18.3 Å². The highest BCUT2D eigenvalue weighted by Crippen LogP contribution is 2.22. The lowest BCUT2D eigenvalue weighted by molar-refractivity contribution is -0.130. The molecule has 0 N–H and O–H groups in total. The van der Waals surface area contributed by atoms with Gasteiger partial charge < -0.3 is 4.90 Å². The Bertz CT molecular complexity index is 381. The molecule has 1 heterocycles. The number of thioether (sulfide) groups is 1. The average molecular weight is 293 g/mol. The van der Waals surface area contributed by atoms with Crippen LogP contribution >= 0.6 is 11.8 Å². The Morgan fingerprint density at radius 3 is 2.67 bits per heavy atom. The molecule has 0 radical (unpaired) electrons. The fourth-order valence-corrected chi connectivity index (χ4v) is 3.72. The van der Waals surface area contributed by atoms with Crippen LogP contribution in [0.25, 0.3) is 0 Å². The van der Waals surface area contributed by atoms with Gasteiger partial charge in [-0.05, 0) is 25.5 Å². The normalized spacial score (nSPS) is 23.5. The zero-order valence-corrected chi connectivity index (χ0v) is 13.0. The van der Waals surface area contributed by atoms with Crippen LogP contribution in [0.15, 0.2) is 0 Å². The predicted octanol–water partition coefficient (Wildman–Crippen LogP) is 1.55. The van der Waals surface area contributed by atoms with Gasteiger partial charge in [0.15, 0.2) is 9.84 Å². The summed E-state index contributed by atoms with van der Waals surface area (Å²) in [5.41, 5.74) is 0.